The third kappa shape index (κ3) is 6.21. The molecule has 42 valence electrons. The van der Waals surface area contributed by atoms with E-state index < -0.39 is 16.2 Å². The molecule has 0 heterocycles. The second-order valence-corrected chi connectivity index (χ2v) is 3.30. The maximum Gasteiger partial charge on any atom is 0.283 e. The minimum atomic E-state index is -3.24. The second kappa shape index (κ2) is 2.50. The SMILES string of the molecule is NP(N)(=O)NP=O. The Hall–Kier alpha value is 0.210. The van der Waals surface area contributed by atoms with Crippen molar-refractivity contribution in [2.45, 2.75) is 0 Å². The lowest BCUT2D eigenvalue weighted by Crippen LogP contribution is -2.13. The van der Waals surface area contributed by atoms with E-state index in [1.807, 2.05) is 4.86 Å². The van der Waals surface area contributed by atoms with Gasteiger partial charge in [-0.2, -0.15) is 4.86 Å². The number of nitrogens with one attached hydrogen (secondary N) is 1. The predicted octanol–water partition coefficient (Wildman–Crippen LogP) is -0.192. The van der Waals surface area contributed by atoms with Crippen LogP contribution in [0.5, 0.6) is 0 Å². The van der Waals surface area contributed by atoms with E-state index in [1.165, 1.54) is 0 Å². The van der Waals surface area contributed by atoms with Crippen LogP contribution in [0.2, 0.25) is 0 Å². The van der Waals surface area contributed by atoms with E-state index in [9.17, 15) is 9.13 Å². The summed E-state index contributed by atoms with van der Waals surface area (Å²) in [6.07, 6.45) is 0. The van der Waals surface area contributed by atoms with Gasteiger partial charge in [0.25, 0.3) is 16.2 Å². The molecule has 0 aliphatic heterocycles. The summed E-state index contributed by atoms with van der Waals surface area (Å²) in [6.45, 7) is 0. The first-order valence-electron chi connectivity index (χ1n) is 1.33. The Morgan fingerprint density at radius 3 is 2.00 bits per heavy atom. The van der Waals surface area contributed by atoms with Gasteiger partial charge in [-0.3, -0.25) is 20.1 Å². The molecule has 0 saturated carbocycles. The van der Waals surface area contributed by atoms with Crippen LogP contribution in [0.25, 0.3) is 0 Å². The van der Waals surface area contributed by atoms with E-state index >= 15 is 0 Å². The summed E-state index contributed by atoms with van der Waals surface area (Å²) in [5, 5.41) is 0. The highest BCUT2D eigenvalue weighted by Crippen LogP contribution is 2.20. The number of hydrogen-bond acceptors (Lipinski definition) is 2. The predicted molar refractivity (Wildman–Crippen MR) is 26.7 cm³/mol. The summed E-state index contributed by atoms with van der Waals surface area (Å²) in [6, 6.07) is 0. The van der Waals surface area contributed by atoms with Crippen molar-refractivity contribution in [1.29, 1.82) is 0 Å². The largest absolute Gasteiger partial charge is 0.283 e. The Labute approximate surface area is 42.2 Å². The molecule has 0 aliphatic carbocycles. The highest BCUT2D eigenvalue weighted by Gasteiger charge is 2.03. The molecule has 0 spiro atoms. The smallest absolute Gasteiger partial charge is 0.271 e. The van der Waals surface area contributed by atoms with Crippen LogP contribution in [0.3, 0.4) is 0 Å². The molecule has 0 saturated heterocycles. The Kier molecular flexibility index (Phi) is 2.58. The zero-order valence-electron chi connectivity index (χ0n) is 3.37. The number of nitrogens with two attached hydrogens (primary N) is 2. The van der Waals surface area contributed by atoms with Gasteiger partial charge in [-0.1, -0.05) is 0 Å². The molecule has 7 heavy (non-hydrogen) atoms. The topological polar surface area (TPSA) is 98.2 Å². The summed E-state index contributed by atoms with van der Waals surface area (Å²) in [5.41, 5.74) is 9.32. The maximum absolute atomic E-state index is 10.1. The highest BCUT2D eigenvalue weighted by atomic mass is 31.2. The molecule has 7 heteroatoms. The van der Waals surface area contributed by atoms with E-state index in [1.54, 1.807) is 0 Å². The normalized spacial score (nSPS) is 12.3. The van der Waals surface area contributed by atoms with E-state index in [-0.39, 0.29) is 0 Å². The van der Waals surface area contributed by atoms with Crippen molar-refractivity contribution in [3.8, 4) is 0 Å². The van der Waals surface area contributed by atoms with E-state index in [4.69, 9.17) is 0 Å². The van der Waals surface area contributed by atoms with Gasteiger partial charge in [0, 0.05) is 0 Å². The zero-order chi connectivity index (χ0) is 5.91. The van der Waals surface area contributed by atoms with Crippen LogP contribution in [0, 0.1) is 0 Å². The lowest BCUT2D eigenvalue weighted by atomic mass is 13.8. The molecule has 0 aromatic heterocycles. The summed E-state index contributed by atoms with van der Waals surface area (Å²) in [5.74, 6) is 0. The fourth-order valence-electron chi connectivity index (χ4n) is 0.0638. The van der Waals surface area contributed by atoms with Gasteiger partial charge >= 0.3 is 0 Å². The minimum Gasteiger partial charge on any atom is -0.271 e. The van der Waals surface area contributed by atoms with Crippen molar-refractivity contribution in [1.82, 2.24) is 4.86 Å². The molecule has 0 amide bonds. The molecule has 0 atom stereocenters. The average Bonchev–Trinajstić information content (AvgIpc) is 1.30. The van der Waals surface area contributed by atoms with E-state index in [2.05, 4.69) is 11.0 Å². The molecule has 5 nitrogen and oxygen atoms in total. The Bertz CT molecular complexity index is 104. The zero-order valence-corrected chi connectivity index (χ0v) is 5.15. The third-order valence-electron chi connectivity index (χ3n) is 0.197. The van der Waals surface area contributed by atoms with Gasteiger partial charge in [0.2, 0.25) is 0 Å². The molecule has 0 rings (SSSR count). The monoisotopic (exact) mass is 141 g/mol. The minimum absolute atomic E-state index is 0.504. The first-order chi connectivity index (χ1) is 3.06. The van der Waals surface area contributed by atoms with E-state index in [0.29, 0.717) is 0 Å². The van der Waals surface area contributed by atoms with E-state index in [0.717, 1.165) is 0 Å². The second-order valence-electron chi connectivity index (χ2n) is 0.901. The van der Waals surface area contributed by atoms with Crippen molar-refractivity contribution in [2.75, 3.05) is 0 Å². The van der Waals surface area contributed by atoms with Crippen LogP contribution in [0.15, 0.2) is 0 Å². The standard InChI is InChI=1S/H5N3O2P2/c1-7(2,5)3-6-4/h(H5,1,2,3,4,5). The van der Waals surface area contributed by atoms with Crippen LogP contribution >= 0.6 is 16.2 Å². The Balaban J connectivity index is 3.57. The molecule has 0 aliphatic rings. The van der Waals surface area contributed by atoms with Gasteiger partial charge in [-0.15, -0.1) is 0 Å². The van der Waals surface area contributed by atoms with Gasteiger partial charge < -0.3 is 0 Å². The lowest BCUT2D eigenvalue weighted by Gasteiger charge is -1.96. The quantitative estimate of drug-likeness (QED) is 0.463. The van der Waals surface area contributed by atoms with Gasteiger partial charge in [0.15, 0.2) is 0 Å². The fraction of sp³-hybridized carbons (Fsp3) is 0. The molecular weight excluding hydrogens is 136 g/mol. The lowest BCUT2D eigenvalue weighted by molar-refractivity contribution is 0.571. The molecule has 5 N–H and O–H groups in total. The van der Waals surface area contributed by atoms with Crippen molar-refractivity contribution in [3.05, 3.63) is 0 Å². The van der Waals surface area contributed by atoms with Crippen LogP contribution in [0.4, 0.5) is 0 Å². The summed E-state index contributed by atoms with van der Waals surface area (Å²) < 4.78 is 19.5. The summed E-state index contributed by atoms with van der Waals surface area (Å²) in [4.78, 5) is 1.81. The first-order valence-corrected chi connectivity index (χ1v) is 3.99. The number of rotatable bonds is 2. The summed E-state index contributed by atoms with van der Waals surface area (Å²) in [7, 11) is -3.74. The van der Waals surface area contributed by atoms with Crippen molar-refractivity contribution in [2.24, 2.45) is 11.0 Å². The Morgan fingerprint density at radius 2 is 2.00 bits per heavy atom. The molecule has 0 unspecified atom stereocenters. The first kappa shape index (κ1) is 7.21. The average molecular weight is 141 g/mol. The molecule has 0 fully saturated rings. The van der Waals surface area contributed by atoms with Gasteiger partial charge in [0.1, 0.15) is 0 Å². The van der Waals surface area contributed by atoms with Gasteiger partial charge in [0.05, 0.1) is 0 Å². The van der Waals surface area contributed by atoms with Crippen LogP contribution in [-0.2, 0) is 9.13 Å². The fourth-order valence-corrected chi connectivity index (χ4v) is 0.574. The van der Waals surface area contributed by atoms with Crippen LogP contribution < -0.4 is 15.9 Å². The van der Waals surface area contributed by atoms with Crippen LogP contribution in [0.1, 0.15) is 0 Å². The van der Waals surface area contributed by atoms with Crippen molar-refractivity contribution < 1.29 is 9.13 Å². The maximum atomic E-state index is 10.1. The summed E-state index contributed by atoms with van der Waals surface area (Å²) >= 11 is 0. The van der Waals surface area contributed by atoms with Gasteiger partial charge in [-0.25, -0.2) is 0 Å². The van der Waals surface area contributed by atoms with Crippen molar-refractivity contribution >= 4 is 16.2 Å². The highest BCUT2D eigenvalue weighted by molar-refractivity contribution is 7.62. The molecule has 0 radical (unpaired) electrons. The van der Waals surface area contributed by atoms with Gasteiger partial charge in [-0.05, 0) is 0 Å². The molecular formula is H5N3O2P2. The molecule has 0 aromatic rings. The number of hydrogen-bond donors (Lipinski definition) is 3. The Morgan fingerprint density at radius 1 is 1.57 bits per heavy atom. The molecule has 0 aromatic carbocycles. The van der Waals surface area contributed by atoms with Crippen LogP contribution in [-0.4, -0.2) is 0 Å². The third-order valence-corrected chi connectivity index (χ3v) is 1.77. The molecule has 0 bridgehead atoms. The van der Waals surface area contributed by atoms with Crippen molar-refractivity contribution in [3.63, 3.8) is 0 Å².